The lowest BCUT2D eigenvalue weighted by Gasteiger charge is -2.27. The Morgan fingerprint density at radius 3 is 2.67 bits per heavy atom. The maximum atomic E-state index is 11.6. The molecule has 3 N–H and O–H groups in total. The lowest BCUT2D eigenvalue weighted by molar-refractivity contribution is 0.0602. The monoisotopic (exact) mass is 248 g/mol. The van der Waals surface area contributed by atoms with E-state index in [4.69, 9.17) is 10.5 Å². The van der Waals surface area contributed by atoms with Gasteiger partial charge in [0.2, 0.25) is 0 Å². The molecule has 1 aliphatic rings. The van der Waals surface area contributed by atoms with Crippen LogP contribution in [0.15, 0.2) is 18.2 Å². The lowest BCUT2D eigenvalue weighted by atomic mass is 9.98. The van der Waals surface area contributed by atoms with Gasteiger partial charge in [-0.2, -0.15) is 0 Å². The highest BCUT2D eigenvalue weighted by Gasteiger charge is 2.37. The fraction of sp³-hybridized carbons (Fsp3) is 0.500. The number of esters is 1. The van der Waals surface area contributed by atoms with E-state index >= 15 is 0 Å². The Balaban J connectivity index is 2.21. The molecule has 1 fully saturated rings. The highest BCUT2D eigenvalue weighted by atomic mass is 16.5. The Bertz CT molecular complexity index is 465. The molecule has 4 heteroatoms. The molecule has 98 valence electrons. The number of hydrogen-bond donors (Lipinski definition) is 2. The maximum Gasteiger partial charge on any atom is 0.340 e. The molecule has 0 bridgehead atoms. The van der Waals surface area contributed by atoms with Gasteiger partial charge < -0.3 is 15.8 Å². The molecular formula is C14H20N2O2. The van der Waals surface area contributed by atoms with E-state index in [-0.39, 0.29) is 5.54 Å². The molecule has 0 aliphatic heterocycles. The number of hydrogen-bond acceptors (Lipinski definition) is 4. The number of carbonyl (C=O) groups excluding carboxylic acids is 1. The summed E-state index contributed by atoms with van der Waals surface area (Å²) in [6.45, 7) is 4.36. The van der Waals surface area contributed by atoms with Crippen molar-refractivity contribution in [1.82, 2.24) is 0 Å². The number of rotatable bonds is 4. The molecule has 1 saturated carbocycles. The quantitative estimate of drug-likeness (QED) is 0.635. The minimum Gasteiger partial charge on any atom is -0.465 e. The van der Waals surface area contributed by atoms with E-state index in [2.05, 4.69) is 19.2 Å². The first kappa shape index (κ1) is 12.7. The molecular weight excluding hydrogens is 228 g/mol. The Hall–Kier alpha value is -1.71. The third-order valence-electron chi connectivity index (χ3n) is 3.52. The second kappa shape index (κ2) is 4.52. The number of benzene rings is 1. The van der Waals surface area contributed by atoms with E-state index in [1.165, 1.54) is 20.0 Å². The molecule has 1 aliphatic carbocycles. The number of nitrogen functional groups attached to an aromatic ring is 1. The van der Waals surface area contributed by atoms with Crippen molar-refractivity contribution >= 4 is 17.3 Å². The third-order valence-corrected chi connectivity index (χ3v) is 3.52. The number of nitrogens with two attached hydrogens (primary N) is 1. The van der Waals surface area contributed by atoms with Gasteiger partial charge in [-0.3, -0.25) is 0 Å². The van der Waals surface area contributed by atoms with Crippen molar-refractivity contribution < 1.29 is 9.53 Å². The normalized spacial score (nSPS) is 15.3. The highest BCUT2D eigenvalue weighted by molar-refractivity contribution is 5.96. The first-order chi connectivity index (χ1) is 8.44. The van der Waals surface area contributed by atoms with Crippen molar-refractivity contribution in [3.63, 3.8) is 0 Å². The van der Waals surface area contributed by atoms with Gasteiger partial charge in [-0.05, 0) is 50.8 Å². The zero-order valence-corrected chi connectivity index (χ0v) is 11.1. The van der Waals surface area contributed by atoms with Crippen LogP contribution in [0.4, 0.5) is 11.4 Å². The summed E-state index contributed by atoms with van der Waals surface area (Å²) in [6, 6.07) is 5.38. The minimum atomic E-state index is -0.402. The molecule has 0 amide bonds. The van der Waals surface area contributed by atoms with Gasteiger partial charge in [0.25, 0.3) is 0 Å². The van der Waals surface area contributed by atoms with Crippen molar-refractivity contribution in [2.45, 2.75) is 32.2 Å². The van der Waals surface area contributed by atoms with Crippen LogP contribution in [0.3, 0.4) is 0 Å². The van der Waals surface area contributed by atoms with Crippen LogP contribution >= 0.6 is 0 Å². The van der Waals surface area contributed by atoms with Crippen LogP contribution in [0, 0.1) is 5.92 Å². The molecule has 0 radical (unpaired) electrons. The molecule has 0 atom stereocenters. The van der Waals surface area contributed by atoms with Crippen molar-refractivity contribution in [3.8, 4) is 0 Å². The second-order valence-electron chi connectivity index (χ2n) is 5.41. The molecule has 1 aromatic carbocycles. The zero-order valence-electron chi connectivity index (χ0n) is 11.1. The molecule has 0 spiro atoms. The molecule has 2 rings (SSSR count). The number of nitrogens with one attached hydrogen (secondary N) is 1. The first-order valence-corrected chi connectivity index (χ1v) is 6.20. The summed E-state index contributed by atoms with van der Waals surface area (Å²) in [4.78, 5) is 11.6. The number of methoxy groups -OCH3 is 1. The third kappa shape index (κ3) is 2.58. The van der Waals surface area contributed by atoms with E-state index in [1.54, 1.807) is 12.1 Å². The molecule has 0 aromatic heterocycles. The summed E-state index contributed by atoms with van der Waals surface area (Å²) in [5.74, 6) is 0.303. The first-order valence-electron chi connectivity index (χ1n) is 6.20. The fourth-order valence-electron chi connectivity index (χ4n) is 2.20. The second-order valence-corrected chi connectivity index (χ2v) is 5.41. The maximum absolute atomic E-state index is 11.6. The van der Waals surface area contributed by atoms with Gasteiger partial charge >= 0.3 is 5.97 Å². The zero-order chi connectivity index (χ0) is 13.3. The van der Waals surface area contributed by atoms with Gasteiger partial charge in [-0.25, -0.2) is 4.79 Å². The standard InChI is InChI=1S/C14H20N2O2/c1-14(2,9-4-5-9)16-10-6-7-12(15)11(8-10)13(17)18-3/h6-9,16H,4-5,15H2,1-3H3. The summed E-state index contributed by atoms with van der Waals surface area (Å²) in [5.41, 5.74) is 7.58. The average Bonchev–Trinajstić information content (AvgIpc) is 3.14. The molecule has 0 saturated heterocycles. The fourth-order valence-corrected chi connectivity index (χ4v) is 2.20. The van der Waals surface area contributed by atoms with E-state index in [9.17, 15) is 4.79 Å². The Morgan fingerprint density at radius 1 is 1.44 bits per heavy atom. The van der Waals surface area contributed by atoms with Crippen LogP contribution in [0.2, 0.25) is 0 Å². The largest absolute Gasteiger partial charge is 0.465 e. The minimum absolute atomic E-state index is 0.0451. The van der Waals surface area contributed by atoms with Gasteiger partial charge in [-0.1, -0.05) is 0 Å². The van der Waals surface area contributed by atoms with Crippen molar-refractivity contribution in [2.75, 3.05) is 18.2 Å². The van der Waals surface area contributed by atoms with Gasteiger partial charge in [0.1, 0.15) is 0 Å². The van der Waals surface area contributed by atoms with Crippen molar-refractivity contribution in [3.05, 3.63) is 23.8 Å². The van der Waals surface area contributed by atoms with Crippen LogP contribution in [0.1, 0.15) is 37.0 Å². The van der Waals surface area contributed by atoms with E-state index in [0.29, 0.717) is 17.2 Å². The summed E-state index contributed by atoms with van der Waals surface area (Å²) < 4.78 is 4.72. The van der Waals surface area contributed by atoms with E-state index in [0.717, 1.165) is 5.69 Å². The molecule has 1 aromatic rings. The summed E-state index contributed by atoms with van der Waals surface area (Å²) >= 11 is 0. The SMILES string of the molecule is COC(=O)c1cc(NC(C)(C)C2CC2)ccc1N. The van der Waals surface area contributed by atoms with E-state index < -0.39 is 5.97 Å². The van der Waals surface area contributed by atoms with Crippen molar-refractivity contribution in [2.24, 2.45) is 5.92 Å². The topological polar surface area (TPSA) is 64.3 Å². The van der Waals surface area contributed by atoms with Crippen LogP contribution in [-0.4, -0.2) is 18.6 Å². The summed E-state index contributed by atoms with van der Waals surface area (Å²) in [6.07, 6.45) is 2.53. The van der Waals surface area contributed by atoms with Gasteiger partial charge in [0, 0.05) is 16.9 Å². The van der Waals surface area contributed by atoms with Crippen LogP contribution < -0.4 is 11.1 Å². The van der Waals surface area contributed by atoms with Gasteiger partial charge in [-0.15, -0.1) is 0 Å². The molecule has 0 unspecified atom stereocenters. The molecule has 18 heavy (non-hydrogen) atoms. The molecule has 4 nitrogen and oxygen atoms in total. The lowest BCUT2D eigenvalue weighted by Crippen LogP contribution is -2.33. The van der Waals surface area contributed by atoms with Crippen LogP contribution in [0.25, 0.3) is 0 Å². The summed E-state index contributed by atoms with van der Waals surface area (Å²) in [7, 11) is 1.36. The Kier molecular flexibility index (Phi) is 3.20. The number of anilines is 2. The Morgan fingerprint density at radius 2 is 2.11 bits per heavy atom. The van der Waals surface area contributed by atoms with Crippen LogP contribution in [0.5, 0.6) is 0 Å². The predicted molar refractivity (Wildman–Crippen MR) is 72.6 cm³/mol. The van der Waals surface area contributed by atoms with Gasteiger partial charge in [0.15, 0.2) is 0 Å². The number of carbonyl (C=O) groups is 1. The van der Waals surface area contributed by atoms with E-state index in [1.807, 2.05) is 6.07 Å². The van der Waals surface area contributed by atoms with Crippen molar-refractivity contribution in [1.29, 1.82) is 0 Å². The summed E-state index contributed by atoms with van der Waals surface area (Å²) in [5, 5.41) is 3.46. The Labute approximate surface area is 108 Å². The average molecular weight is 248 g/mol. The smallest absolute Gasteiger partial charge is 0.340 e. The predicted octanol–water partition coefficient (Wildman–Crippen LogP) is 2.66. The van der Waals surface area contributed by atoms with Gasteiger partial charge in [0.05, 0.1) is 12.7 Å². The highest BCUT2D eigenvalue weighted by Crippen LogP contribution is 2.41. The molecule has 0 heterocycles. The number of ether oxygens (including phenoxy) is 1. The van der Waals surface area contributed by atoms with Crippen LogP contribution in [-0.2, 0) is 4.74 Å².